The second kappa shape index (κ2) is 8.39. The van der Waals surface area contributed by atoms with Gasteiger partial charge < -0.3 is 24.8 Å². The van der Waals surface area contributed by atoms with E-state index in [0.29, 0.717) is 11.8 Å². The first-order valence-electron chi connectivity index (χ1n) is 10.6. The standard InChI is InChI=1S/2C12H13.C2H4.2ClH.Ti/c2*1-9(2)12-7-10-5-3-4-6-11(10)8-12;1-2;;;/h2*3-9H,1-2H3;1-2H2;2*1H;/q;;;;;+2/p-2. The van der Waals surface area contributed by atoms with Crippen molar-refractivity contribution < 1.29 is 41.4 Å². The largest absolute Gasteiger partial charge is 1.00 e. The molecule has 0 bridgehead atoms. The zero-order valence-electron chi connectivity index (χ0n) is 17.8. The van der Waals surface area contributed by atoms with Gasteiger partial charge in [-0.2, -0.15) is 0 Å². The average Bonchev–Trinajstić information content (AvgIpc) is 3.18. The van der Waals surface area contributed by atoms with Crippen molar-refractivity contribution in [1.29, 1.82) is 0 Å². The van der Waals surface area contributed by atoms with E-state index in [0.717, 1.165) is 8.45 Å². The zero-order chi connectivity index (χ0) is 18.8. The molecule has 3 aliphatic rings. The molecule has 1 aliphatic heterocycles. The molecule has 0 amide bonds. The maximum atomic E-state index is 2.55. The summed E-state index contributed by atoms with van der Waals surface area (Å²) in [4.78, 5) is 0. The van der Waals surface area contributed by atoms with Crippen LogP contribution in [0, 0.1) is 11.8 Å². The summed E-state index contributed by atoms with van der Waals surface area (Å²) in [7, 11) is 0. The van der Waals surface area contributed by atoms with E-state index in [-0.39, 0.29) is 24.8 Å². The summed E-state index contributed by atoms with van der Waals surface area (Å²) < 4.78 is 4.59. The molecule has 0 nitrogen and oxygen atoms in total. The quantitative estimate of drug-likeness (QED) is 0.607. The number of hydrogen-bond donors (Lipinski definition) is 0. The molecule has 0 spiro atoms. The molecule has 0 N–H and O–H groups in total. The van der Waals surface area contributed by atoms with Gasteiger partial charge in [-0.15, -0.1) is 0 Å². The van der Waals surface area contributed by atoms with Crippen molar-refractivity contribution in [2.45, 2.75) is 45.6 Å². The van der Waals surface area contributed by atoms with Crippen LogP contribution in [0.5, 0.6) is 0 Å². The third kappa shape index (κ3) is 3.51. The number of halogens is 2. The summed E-state index contributed by atoms with van der Waals surface area (Å²) in [5.41, 5.74) is 9.80. The molecule has 0 radical (unpaired) electrons. The predicted octanol–water partition coefficient (Wildman–Crippen LogP) is 1.59. The molecule has 2 atom stereocenters. The summed E-state index contributed by atoms with van der Waals surface area (Å²) in [6.07, 6.45) is 5.10. The fourth-order valence-electron chi connectivity index (χ4n) is 5.87. The van der Waals surface area contributed by atoms with Gasteiger partial charge in [0.15, 0.2) is 0 Å². The number of hydrogen-bond acceptors (Lipinski definition) is 0. The molecular formula is C26H30Cl2Ti. The van der Waals surface area contributed by atoms with E-state index < -0.39 is 16.6 Å². The maximum Gasteiger partial charge on any atom is -1.00 e. The molecule has 2 aliphatic carbocycles. The Bertz CT molecular complexity index is 891. The molecule has 1 heterocycles. The van der Waals surface area contributed by atoms with E-state index >= 15 is 0 Å². The molecule has 5 rings (SSSR count). The van der Waals surface area contributed by atoms with E-state index in [9.17, 15) is 0 Å². The minimum Gasteiger partial charge on any atom is -1.00 e. The summed E-state index contributed by atoms with van der Waals surface area (Å²) >= 11 is -2.12. The summed E-state index contributed by atoms with van der Waals surface area (Å²) in [5, 5.41) is 0. The van der Waals surface area contributed by atoms with Crippen LogP contribution in [0.15, 0.2) is 59.7 Å². The van der Waals surface area contributed by atoms with Gasteiger partial charge in [0.25, 0.3) is 0 Å². The maximum absolute atomic E-state index is 2.55. The van der Waals surface area contributed by atoms with Gasteiger partial charge in [-0.05, 0) is 0 Å². The molecule has 1 saturated heterocycles. The third-order valence-corrected chi connectivity index (χ3v) is 15.4. The van der Waals surface area contributed by atoms with Crippen LogP contribution in [0.3, 0.4) is 0 Å². The minimum absolute atomic E-state index is 0. The normalized spacial score (nSPS) is 21.9. The van der Waals surface area contributed by atoms with Crippen molar-refractivity contribution in [3.63, 3.8) is 0 Å². The first-order chi connectivity index (χ1) is 13.0. The van der Waals surface area contributed by atoms with Crippen LogP contribution in [-0.4, -0.2) is 0 Å². The Labute approximate surface area is 192 Å². The molecule has 0 saturated carbocycles. The predicted molar refractivity (Wildman–Crippen MR) is 114 cm³/mol. The first-order valence-corrected chi connectivity index (χ1v) is 14.6. The molecule has 0 aromatic heterocycles. The van der Waals surface area contributed by atoms with Crippen molar-refractivity contribution in [2.24, 2.45) is 11.8 Å². The fourth-order valence-corrected chi connectivity index (χ4v) is 16.6. The molecule has 2 unspecified atom stereocenters. The Kier molecular flexibility index (Phi) is 6.62. The molecule has 2 aromatic rings. The summed E-state index contributed by atoms with van der Waals surface area (Å²) in [6, 6.07) is 18.5. The van der Waals surface area contributed by atoms with Crippen LogP contribution in [0.1, 0.15) is 58.4 Å². The van der Waals surface area contributed by atoms with E-state index in [1.54, 1.807) is 22.3 Å². The van der Waals surface area contributed by atoms with E-state index in [1.165, 1.54) is 20.6 Å². The van der Waals surface area contributed by atoms with Gasteiger partial charge in [0.2, 0.25) is 0 Å². The van der Waals surface area contributed by atoms with E-state index in [2.05, 4.69) is 88.4 Å². The SMILES string of the molecule is CC(C)C1=Cc2ccccc2[CH]1[Ti+2]1([CH]2C(C(C)C)=Cc3ccccc32)[CH2][CH2]1.[Cl-].[Cl-]. The average molecular weight is 461 g/mol. The van der Waals surface area contributed by atoms with Crippen LogP contribution in [-0.2, 0) is 16.6 Å². The van der Waals surface area contributed by atoms with Crippen LogP contribution >= 0.6 is 0 Å². The Balaban J connectivity index is 0.00000120. The van der Waals surface area contributed by atoms with Crippen LogP contribution in [0.2, 0.25) is 9.45 Å². The third-order valence-electron chi connectivity index (χ3n) is 7.24. The number of rotatable bonds is 4. The van der Waals surface area contributed by atoms with Crippen LogP contribution in [0.25, 0.3) is 12.2 Å². The Morgan fingerprint density at radius 3 is 1.38 bits per heavy atom. The van der Waals surface area contributed by atoms with Crippen molar-refractivity contribution in [2.75, 3.05) is 0 Å². The Morgan fingerprint density at radius 2 is 1.03 bits per heavy atom. The van der Waals surface area contributed by atoms with Gasteiger partial charge in [0.1, 0.15) is 0 Å². The second-order valence-electron chi connectivity index (χ2n) is 9.46. The number of allylic oxidation sites excluding steroid dienone is 2. The molecule has 152 valence electrons. The number of fused-ring (bicyclic) bond motifs is 2. The van der Waals surface area contributed by atoms with Crippen molar-refractivity contribution in [1.82, 2.24) is 0 Å². The first kappa shape index (κ1) is 22.9. The molecule has 29 heavy (non-hydrogen) atoms. The summed E-state index contributed by atoms with van der Waals surface area (Å²) in [5.74, 6) is 1.29. The van der Waals surface area contributed by atoms with Crippen molar-refractivity contribution >= 4 is 12.2 Å². The van der Waals surface area contributed by atoms with Crippen LogP contribution < -0.4 is 24.8 Å². The van der Waals surface area contributed by atoms with E-state index in [4.69, 9.17) is 0 Å². The topological polar surface area (TPSA) is 0 Å². The Hall–Kier alpha value is -0.786. The van der Waals surface area contributed by atoms with Gasteiger partial charge in [-0.1, -0.05) is 0 Å². The number of benzene rings is 2. The van der Waals surface area contributed by atoms with Crippen molar-refractivity contribution in [3.8, 4) is 0 Å². The molecule has 1 fully saturated rings. The molecule has 3 heteroatoms. The molecule has 2 aromatic carbocycles. The second-order valence-corrected chi connectivity index (χ2v) is 16.7. The minimum atomic E-state index is -2.12. The molecular weight excluding hydrogens is 431 g/mol. The van der Waals surface area contributed by atoms with Crippen LogP contribution in [0.4, 0.5) is 0 Å². The van der Waals surface area contributed by atoms with Gasteiger partial charge >= 0.3 is 168 Å². The summed E-state index contributed by atoms with van der Waals surface area (Å²) in [6.45, 7) is 9.63. The monoisotopic (exact) mass is 460 g/mol. The van der Waals surface area contributed by atoms with Gasteiger partial charge in [0, 0.05) is 0 Å². The van der Waals surface area contributed by atoms with Crippen molar-refractivity contribution in [3.05, 3.63) is 81.9 Å². The van der Waals surface area contributed by atoms with E-state index in [1.807, 2.05) is 0 Å². The zero-order valence-corrected chi connectivity index (χ0v) is 20.8. The van der Waals surface area contributed by atoms with Gasteiger partial charge in [-0.3, -0.25) is 0 Å². The smallest absolute Gasteiger partial charge is 1.00 e. The Morgan fingerprint density at radius 1 is 0.655 bits per heavy atom. The van der Waals surface area contributed by atoms with Gasteiger partial charge in [-0.25, -0.2) is 0 Å². The van der Waals surface area contributed by atoms with Gasteiger partial charge in [0.05, 0.1) is 0 Å². The fraction of sp³-hybridized carbons (Fsp3) is 0.385.